The van der Waals surface area contributed by atoms with Gasteiger partial charge in [0.05, 0.1) is 12.2 Å². The second-order valence-corrected chi connectivity index (χ2v) is 7.70. The first-order valence-corrected chi connectivity index (χ1v) is 10.2. The van der Waals surface area contributed by atoms with Crippen LogP contribution in [-0.4, -0.2) is 25.1 Å². The Hall–Kier alpha value is -2.64. The minimum Gasteiger partial charge on any atom is -0.484 e. The molecule has 1 heterocycles. The highest BCUT2D eigenvalue weighted by atomic mass is 79.9. The highest BCUT2D eigenvalue weighted by Gasteiger charge is 2.20. The Morgan fingerprint density at radius 3 is 2.57 bits per heavy atom. The number of carbonyl (C=O) groups excluding carboxylic acids is 2. The number of thiophene rings is 1. The lowest BCUT2D eigenvalue weighted by Gasteiger charge is -2.08. The summed E-state index contributed by atoms with van der Waals surface area (Å²) in [4.78, 5) is 25.5. The third kappa shape index (κ3) is 5.21. The summed E-state index contributed by atoms with van der Waals surface area (Å²) in [6.45, 7) is 1.83. The van der Waals surface area contributed by atoms with Crippen LogP contribution in [0.25, 0.3) is 10.4 Å². The smallest absolute Gasteiger partial charge is 0.341 e. The molecule has 0 saturated carbocycles. The Balaban J connectivity index is 1.76. The summed E-state index contributed by atoms with van der Waals surface area (Å²) in [7, 11) is 0. The first kappa shape index (κ1) is 20.1. The van der Waals surface area contributed by atoms with E-state index in [-0.39, 0.29) is 19.1 Å². The van der Waals surface area contributed by atoms with Crippen LogP contribution in [0.15, 0.2) is 65.1 Å². The maximum atomic E-state index is 12.4. The van der Waals surface area contributed by atoms with Gasteiger partial charge < -0.3 is 14.8 Å². The summed E-state index contributed by atoms with van der Waals surface area (Å²) >= 11 is 4.68. The van der Waals surface area contributed by atoms with E-state index in [4.69, 9.17) is 9.47 Å². The number of hydrogen-bond donors (Lipinski definition) is 1. The molecule has 0 aliphatic heterocycles. The summed E-state index contributed by atoms with van der Waals surface area (Å²) in [6, 6.07) is 18.6. The van der Waals surface area contributed by atoms with E-state index < -0.39 is 5.97 Å². The van der Waals surface area contributed by atoms with Crippen LogP contribution in [0, 0.1) is 0 Å². The van der Waals surface area contributed by atoms with Crippen molar-refractivity contribution < 1.29 is 19.1 Å². The van der Waals surface area contributed by atoms with E-state index in [1.165, 1.54) is 11.3 Å². The van der Waals surface area contributed by atoms with Gasteiger partial charge in [0.25, 0.3) is 5.91 Å². The molecule has 0 saturated heterocycles. The Morgan fingerprint density at radius 2 is 1.86 bits per heavy atom. The fraction of sp³-hybridized carbons (Fsp3) is 0.143. The molecule has 7 heteroatoms. The van der Waals surface area contributed by atoms with Gasteiger partial charge in [-0.2, -0.15) is 0 Å². The number of esters is 1. The van der Waals surface area contributed by atoms with Crippen LogP contribution in [0.5, 0.6) is 5.75 Å². The molecule has 0 radical (unpaired) electrons. The van der Waals surface area contributed by atoms with E-state index in [1.54, 1.807) is 25.1 Å². The third-order valence-electron chi connectivity index (χ3n) is 3.70. The van der Waals surface area contributed by atoms with E-state index in [1.807, 2.05) is 42.5 Å². The summed E-state index contributed by atoms with van der Waals surface area (Å²) in [5.41, 5.74) is 1.30. The molecule has 144 valence electrons. The molecule has 5 nitrogen and oxygen atoms in total. The normalized spacial score (nSPS) is 10.4. The molecule has 3 aromatic rings. The summed E-state index contributed by atoms with van der Waals surface area (Å²) in [6.07, 6.45) is 0. The van der Waals surface area contributed by atoms with Crippen LogP contribution in [0.1, 0.15) is 17.3 Å². The van der Waals surface area contributed by atoms with E-state index in [2.05, 4.69) is 21.2 Å². The van der Waals surface area contributed by atoms with Gasteiger partial charge in [0.2, 0.25) is 0 Å². The van der Waals surface area contributed by atoms with Gasteiger partial charge in [-0.1, -0.05) is 52.3 Å². The average Bonchev–Trinajstić information content (AvgIpc) is 3.11. The van der Waals surface area contributed by atoms with Gasteiger partial charge in [-0.3, -0.25) is 4.79 Å². The maximum absolute atomic E-state index is 12.4. The summed E-state index contributed by atoms with van der Waals surface area (Å²) in [5.74, 6) is -0.248. The molecule has 1 aromatic heterocycles. The quantitative estimate of drug-likeness (QED) is 0.482. The minimum atomic E-state index is -0.468. The van der Waals surface area contributed by atoms with Crippen molar-refractivity contribution in [2.24, 2.45) is 0 Å². The molecule has 1 amide bonds. The number of amides is 1. The first-order valence-electron chi connectivity index (χ1n) is 8.61. The standard InChI is InChI=1S/C21H18BrNO4S/c1-2-26-21(25)17-12-18(14-7-4-3-5-8-14)28-20(17)23-19(24)13-27-16-10-6-9-15(22)11-16/h3-12H,2,13H2,1H3,(H,23,24). The molecule has 0 bridgehead atoms. The van der Waals surface area contributed by atoms with Crippen LogP contribution in [-0.2, 0) is 9.53 Å². The van der Waals surface area contributed by atoms with Gasteiger partial charge in [0, 0.05) is 9.35 Å². The molecule has 2 aromatic carbocycles. The summed E-state index contributed by atoms with van der Waals surface area (Å²) in [5, 5.41) is 3.21. The van der Waals surface area contributed by atoms with Crippen LogP contribution in [0.3, 0.4) is 0 Å². The van der Waals surface area contributed by atoms with Crippen LogP contribution in [0.4, 0.5) is 5.00 Å². The van der Waals surface area contributed by atoms with Crippen LogP contribution >= 0.6 is 27.3 Å². The average molecular weight is 460 g/mol. The second-order valence-electron chi connectivity index (χ2n) is 5.73. The molecule has 0 aliphatic rings. The lowest BCUT2D eigenvalue weighted by molar-refractivity contribution is -0.118. The lowest BCUT2D eigenvalue weighted by Crippen LogP contribution is -2.21. The molecular formula is C21H18BrNO4S. The molecule has 3 rings (SSSR count). The van der Waals surface area contributed by atoms with Crippen molar-refractivity contribution in [2.45, 2.75) is 6.92 Å². The van der Waals surface area contributed by atoms with E-state index in [0.29, 0.717) is 16.3 Å². The molecule has 0 atom stereocenters. The van der Waals surface area contributed by atoms with Gasteiger partial charge in [-0.15, -0.1) is 11.3 Å². The molecule has 0 fully saturated rings. The molecule has 1 N–H and O–H groups in total. The fourth-order valence-corrected chi connectivity index (χ4v) is 3.90. The Labute approximate surface area is 175 Å². The summed E-state index contributed by atoms with van der Waals surface area (Å²) < 4.78 is 11.5. The Morgan fingerprint density at radius 1 is 1.07 bits per heavy atom. The van der Waals surface area contributed by atoms with Gasteiger partial charge in [0.1, 0.15) is 10.8 Å². The van der Waals surface area contributed by atoms with Crippen molar-refractivity contribution in [1.29, 1.82) is 0 Å². The topological polar surface area (TPSA) is 64.6 Å². The zero-order valence-electron chi connectivity index (χ0n) is 15.1. The number of halogens is 1. The highest BCUT2D eigenvalue weighted by Crippen LogP contribution is 2.36. The predicted molar refractivity (Wildman–Crippen MR) is 114 cm³/mol. The zero-order valence-corrected chi connectivity index (χ0v) is 17.5. The SMILES string of the molecule is CCOC(=O)c1cc(-c2ccccc2)sc1NC(=O)COc1cccc(Br)c1. The van der Waals surface area contributed by atoms with Gasteiger partial charge in [-0.05, 0) is 36.8 Å². The largest absolute Gasteiger partial charge is 0.484 e. The lowest BCUT2D eigenvalue weighted by atomic mass is 10.1. The van der Waals surface area contributed by atoms with E-state index in [0.717, 1.165) is 14.9 Å². The van der Waals surface area contributed by atoms with Crippen molar-refractivity contribution in [3.05, 3.63) is 70.7 Å². The number of rotatable bonds is 7. The first-order chi connectivity index (χ1) is 13.6. The van der Waals surface area contributed by atoms with Crippen molar-refractivity contribution in [2.75, 3.05) is 18.5 Å². The molecule has 0 spiro atoms. The minimum absolute atomic E-state index is 0.169. The number of benzene rings is 2. The van der Waals surface area contributed by atoms with Crippen LogP contribution in [0.2, 0.25) is 0 Å². The fourth-order valence-electron chi connectivity index (χ4n) is 2.46. The third-order valence-corrected chi connectivity index (χ3v) is 5.30. The second kappa shape index (κ2) is 9.52. The van der Waals surface area contributed by atoms with Crippen LogP contribution < -0.4 is 10.1 Å². The number of hydrogen-bond acceptors (Lipinski definition) is 5. The molecule has 0 aliphatic carbocycles. The van der Waals surface area contributed by atoms with E-state index in [9.17, 15) is 9.59 Å². The number of ether oxygens (including phenoxy) is 2. The zero-order chi connectivity index (χ0) is 19.9. The highest BCUT2D eigenvalue weighted by molar-refractivity contribution is 9.10. The molecule has 28 heavy (non-hydrogen) atoms. The van der Waals surface area contributed by atoms with Gasteiger partial charge >= 0.3 is 5.97 Å². The molecular weight excluding hydrogens is 442 g/mol. The predicted octanol–water partition coefficient (Wildman–Crippen LogP) is 5.37. The monoisotopic (exact) mass is 459 g/mol. The molecule has 0 unspecified atom stereocenters. The number of nitrogens with one attached hydrogen (secondary N) is 1. The van der Waals surface area contributed by atoms with Crippen molar-refractivity contribution in [3.8, 4) is 16.2 Å². The van der Waals surface area contributed by atoms with Crippen molar-refractivity contribution >= 4 is 44.1 Å². The van der Waals surface area contributed by atoms with Gasteiger partial charge in [-0.25, -0.2) is 4.79 Å². The Bertz CT molecular complexity index is 972. The van der Waals surface area contributed by atoms with Crippen molar-refractivity contribution in [1.82, 2.24) is 0 Å². The maximum Gasteiger partial charge on any atom is 0.341 e. The van der Waals surface area contributed by atoms with E-state index >= 15 is 0 Å². The van der Waals surface area contributed by atoms with Gasteiger partial charge in [0.15, 0.2) is 6.61 Å². The Kier molecular flexibility index (Phi) is 6.84. The number of anilines is 1. The van der Waals surface area contributed by atoms with Crippen molar-refractivity contribution in [3.63, 3.8) is 0 Å². The number of carbonyl (C=O) groups is 2.